The van der Waals surface area contributed by atoms with Crippen molar-refractivity contribution in [3.05, 3.63) is 59.8 Å². The molecule has 0 bridgehead atoms. The molecule has 1 aliphatic heterocycles. The number of rotatable bonds is 4. The maximum absolute atomic E-state index is 12.8. The highest BCUT2D eigenvalue weighted by Crippen LogP contribution is 2.39. The smallest absolute Gasteiger partial charge is 0.373 e. The van der Waals surface area contributed by atoms with Crippen molar-refractivity contribution >= 4 is 29.0 Å². The van der Waals surface area contributed by atoms with Crippen LogP contribution in [0.25, 0.3) is 11.3 Å². The van der Waals surface area contributed by atoms with Gasteiger partial charge in [-0.05, 0) is 66.2 Å². The van der Waals surface area contributed by atoms with Crippen molar-refractivity contribution < 1.29 is 18.0 Å². The van der Waals surface area contributed by atoms with Crippen LogP contribution in [0.2, 0.25) is 0 Å². The topological polar surface area (TPSA) is 61.0 Å². The summed E-state index contributed by atoms with van der Waals surface area (Å²) < 4.78 is 37.3. The fourth-order valence-electron chi connectivity index (χ4n) is 3.42. The number of amides is 1. The van der Waals surface area contributed by atoms with Gasteiger partial charge in [-0.25, -0.2) is 0 Å². The van der Waals surface area contributed by atoms with E-state index in [1.54, 1.807) is 12.3 Å². The highest BCUT2D eigenvalue weighted by atomic mass is 32.2. The molecule has 1 aliphatic rings. The number of hydrogen-bond acceptors (Lipinski definition) is 4. The molecule has 4 rings (SSSR count). The van der Waals surface area contributed by atoms with Crippen LogP contribution in [-0.2, 0) is 6.42 Å². The van der Waals surface area contributed by atoms with Gasteiger partial charge in [-0.15, -0.1) is 0 Å². The first-order chi connectivity index (χ1) is 13.8. The summed E-state index contributed by atoms with van der Waals surface area (Å²) in [7, 11) is 2.01. The zero-order valence-electron chi connectivity index (χ0n) is 15.4. The van der Waals surface area contributed by atoms with Crippen molar-refractivity contribution in [2.24, 2.45) is 0 Å². The molecule has 1 aromatic heterocycles. The van der Waals surface area contributed by atoms with Crippen LogP contribution in [0.1, 0.15) is 15.9 Å². The number of benzene rings is 2. The summed E-state index contributed by atoms with van der Waals surface area (Å²) in [6.45, 7) is 0.861. The summed E-state index contributed by atoms with van der Waals surface area (Å²) in [4.78, 5) is 15.0. The zero-order chi connectivity index (χ0) is 20.6. The van der Waals surface area contributed by atoms with Gasteiger partial charge >= 0.3 is 5.51 Å². The highest BCUT2D eigenvalue weighted by molar-refractivity contribution is 8.00. The lowest BCUT2D eigenvalue weighted by Crippen LogP contribution is -2.15. The van der Waals surface area contributed by atoms with Crippen molar-refractivity contribution in [1.82, 2.24) is 10.2 Å². The maximum Gasteiger partial charge on any atom is 0.446 e. The number of H-pyrrole nitrogens is 1. The Morgan fingerprint density at radius 2 is 1.97 bits per heavy atom. The summed E-state index contributed by atoms with van der Waals surface area (Å²) in [6.07, 6.45) is 2.49. The number of carbonyl (C=O) groups excluding carboxylic acids is 1. The summed E-state index contributed by atoms with van der Waals surface area (Å²) in [5.41, 5.74) is 0.423. The van der Waals surface area contributed by atoms with E-state index in [1.165, 1.54) is 24.3 Å². The minimum Gasteiger partial charge on any atom is -0.373 e. The molecule has 0 saturated carbocycles. The normalized spacial score (nSPS) is 13.4. The minimum atomic E-state index is -4.34. The minimum absolute atomic E-state index is 0.0672. The third-order valence-electron chi connectivity index (χ3n) is 4.69. The van der Waals surface area contributed by atoms with E-state index in [1.807, 2.05) is 19.2 Å². The molecule has 0 fully saturated rings. The number of thioether (sulfide) groups is 1. The van der Waals surface area contributed by atoms with Crippen LogP contribution in [0.4, 0.5) is 24.5 Å². The van der Waals surface area contributed by atoms with Gasteiger partial charge in [0, 0.05) is 47.2 Å². The lowest BCUT2D eigenvalue weighted by atomic mass is 10.00. The van der Waals surface area contributed by atoms with Gasteiger partial charge in [-0.1, -0.05) is 0 Å². The van der Waals surface area contributed by atoms with Crippen molar-refractivity contribution in [2.45, 2.75) is 16.8 Å². The molecule has 2 N–H and O–H groups in total. The number of likely N-dealkylation sites (N-methyl/N-ethyl adjacent to an activating group) is 1. The average molecular weight is 418 g/mol. The molecule has 2 heterocycles. The summed E-state index contributed by atoms with van der Waals surface area (Å²) in [5.74, 6) is -0.320. The van der Waals surface area contributed by atoms with Gasteiger partial charge in [-0.2, -0.15) is 18.3 Å². The molecule has 5 nitrogen and oxygen atoms in total. The molecule has 0 unspecified atom stereocenters. The maximum atomic E-state index is 12.8. The molecule has 29 heavy (non-hydrogen) atoms. The van der Waals surface area contributed by atoms with Gasteiger partial charge in [0.05, 0.1) is 5.69 Å². The van der Waals surface area contributed by atoms with E-state index in [9.17, 15) is 18.0 Å². The summed E-state index contributed by atoms with van der Waals surface area (Å²) in [6, 6.07) is 11.1. The highest BCUT2D eigenvalue weighted by Gasteiger charge is 2.29. The van der Waals surface area contributed by atoms with E-state index in [0.29, 0.717) is 11.3 Å². The number of fused-ring (bicyclic) bond motifs is 1. The SMILES string of the molecule is CN1CCc2cc(C(=O)Nc3ccc(SC(F)(F)F)cc3)cc(-c3ccn[nH]3)c21. The second-order valence-electron chi connectivity index (χ2n) is 6.70. The predicted octanol–water partition coefficient (Wildman–Crippen LogP) is 4.93. The van der Waals surface area contributed by atoms with E-state index < -0.39 is 5.51 Å². The lowest BCUT2D eigenvalue weighted by molar-refractivity contribution is -0.0328. The van der Waals surface area contributed by atoms with Crippen LogP contribution in [0.15, 0.2) is 53.6 Å². The van der Waals surface area contributed by atoms with Gasteiger partial charge in [0.1, 0.15) is 0 Å². The first-order valence-electron chi connectivity index (χ1n) is 8.85. The first-order valence-corrected chi connectivity index (χ1v) is 9.67. The lowest BCUT2D eigenvalue weighted by Gasteiger charge is -2.17. The van der Waals surface area contributed by atoms with Crippen LogP contribution in [0, 0.1) is 0 Å². The molecule has 1 amide bonds. The standard InChI is InChI=1S/C20H17F3N4OS/c1-27-9-7-12-10-13(11-16(18(12)27)17-6-8-24-26-17)19(28)25-14-2-4-15(5-3-14)29-20(21,22)23/h2-6,8,10-11H,7,9H2,1H3,(H,24,26)(H,25,28). The third kappa shape index (κ3) is 4.24. The van der Waals surface area contributed by atoms with Gasteiger partial charge in [0.15, 0.2) is 0 Å². The Morgan fingerprint density at radius 3 is 2.62 bits per heavy atom. The Kier molecular flexibility index (Phi) is 4.99. The van der Waals surface area contributed by atoms with Crippen molar-refractivity contribution in [1.29, 1.82) is 0 Å². The first kappa shape index (κ1) is 19.4. The van der Waals surface area contributed by atoms with Crippen molar-refractivity contribution in [3.8, 4) is 11.3 Å². The number of anilines is 2. The Bertz CT molecular complexity index is 1030. The van der Waals surface area contributed by atoms with Crippen LogP contribution in [0.3, 0.4) is 0 Å². The predicted molar refractivity (Wildman–Crippen MR) is 107 cm³/mol. The van der Waals surface area contributed by atoms with E-state index >= 15 is 0 Å². The number of nitrogens with zero attached hydrogens (tertiary/aromatic N) is 2. The quantitative estimate of drug-likeness (QED) is 0.590. The number of carbonyl (C=O) groups is 1. The molecule has 0 radical (unpaired) electrons. The average Bonchev–Trinajstić information content (AvgIpc) is 3.32. The van der Waals surface area contributed by atoms with Crippen LogP contribution >= 0.6 is 11.8 Å². The van der Waals surface area contributed by atoms with Crippen LogP contribution in [0.5, 0.6) is 0 Å². The number of aromatic nitrogens is 2. The number of hydrogen-bond donors (Lipinski definition) is 2. The Hall–Kier alpha value is -2.94. The third-order valence-corrected chi connectivity index (χ3v) is 5.43. The molecule has 2 aromatic carbocycles. The van der Waals surface area contributed by atoms with Gasteiger partial charge < -0.3 is 10.2 Å². The fraction of sp³-hybridized carbons (Fsp3) is 0.200. The van der Waals surface area contributed by atoms with Gasteiger partial charge in [0.2, 0.25) is 0 Å². The molecule has 0 atom stereocenters. The molecule has 0 saturated heterocycles. The van der Waals surface area contributed by atoms with E-state index in [4.69, 9.17) is 0 Å². The number of halogens is 3. The molecule has 9 heteroatoms. The summed E-state index contributed by atoms with van der Waals surface area (Å²) >= 11 is -0.188. The van der Waals surface area contributed by atoms with E-state index in [2.05, 4.69) is 20.4 Å². The van der Waals surface area contributed by atoms with E-state index in [-0.39, 0.29) is 22.6 Å². The molecular weight excluding hydrogens is 401 g/mol. The molecular formula is C20H17F3N4OS. The van der Waals surface area contributed by atoms with Crippen LogP contribution in [-0.4, -0.2) is 35.2 Å². The van der Waals surface area contributed by atoms with Crippen molar-refractivity contribution in [2.75, 3.05) is 23.8 Å². The Labute approximate surface area is 169 Å². The summed E-state index contributed by atoms with van der Waals surface area (Å²) in [5, 5.41) is 9.69. The molecule has 0 spiro atoms. The Balaban J connectivity index is 1.59. The second kappa shape index (κ2) is 7.47. The largest absolute Gasteiger partial charge is 0.446 e. The van der Waals surface area contributed by atoms with Gasteiger partial charge in [0.25, 0.3) is 5.91 Å². The monoisotopic (exact) mass is 418 g/mol. The molecule has 150 valence electrons. The molecule has 0 aliphatic carbocycles. The second-order valence-corrected chi connectivity index (χ2v) is 7.84. The van der Waals surface area contributed by atoms with Crippen molar-refractivity contribution in [3.63, 3.8) is 0 Å². The number of aromatic amines is 1. The van der Waals surface area contributed by atoms with Gasteiger partial charge in [-0.3, -0.25) is 9.89 Å². The fourth-order valence-corrected chi connectivity index (χ4v) is 3.96. The number of alkyl halides is 3. The molecule has 3 aromatic rings. The number of nitrogens with one attached hydrogen (secondary N) is 2. The zero-order valence-corrected chi connectivity index (χ0v) is 16.2. The van der Waals surface area contributed by atoms with Crippen LogP contribution < -0.4 is 10.2 Å². The van der Waals surface area contributed by atoms with E-state index in [0.717, 1.165) is 35.5 Å². The Morgan fingerprint density at radius 1 is 1.21 bits per heavy atom.